The first kappa shape index (κ1) is 18.8. The van der Waals surface area contributed by atoms with E-state index in [0.717, 1.165) is 22.6 Å². The number of nitrogens with one attached hydrogen (secondary N) is 2. The molecule has 26 heavy (non-hydrogen) atoms. The molecule has 1 amide bonds. The van der Waals surface area contributed by atoms with E-state index in [-0.39, 0.29) is 16.8 Å². The number of carbonyl (C=O) groups is 1. The van der Waals surface area contributed by atoms with Crippen molar-refractivity contribution in [3.8, 4) is 5.75 Å². The molecule has 1 unspecified atom stereocenters. The maximum Gasteiger partial charge on any atom is 0.264 e. The number of nitrogens with zero attached hydrogens (tertiary/aromatic N) is 1. The predicted octanol–water partition coefficient (Wildman–Crippen LogP) is 1.45. The highest BCUT2D eigenvalue weighted by Crippen LogP contribution is 2.32. The summed E-state index contributed by atoms with van der Waals surface area (Å²) in [6.07, 6.45) is 0. The van der Waals surface area contributed by atoms with E-state index in [2.05, 4.69) is 10.0 Å². The number of sulfonamides is 1. The fourth-order valence-electron chi connectivity index (χ4n) is 3.00. The van der Waals surface area contributed by atoms with Gasteiger partial charge in [-0.1, -0.05) is 18.2 Å². The number of piperazine rings is 1. The first-order valence-electron chi connectivity index (χ1n) is 8.14. The minimum atomic E-state index is -3.56. The third-order valence-corrected chi connectivity index (χ3v) is 6.83. The van der Waals surface area contributed by atoms with Gasteiger partial charge in [0.25, 0.3) is 5.91 Å². The van der Waals surface area contributed by atoms with Gasteiger partial charge in [0.15, 0.2) is 0 Å². The van der Waals surface area contributed by atoms with Crippen LogP contribution in [0.1, 0.15) is 21.3 Å². The largest absolute Gasteiger partial charge is 0.496 e. The van der Waals surface area contributed by atoms with E-state index < -0.39 is 10.0 Å². The van der Waals surface area contributed by atoms with E-state index in [9.17, 15) is 13.2 Å². The molecule has 7 nitrogen and oxygen atoms in total. The topological polar surface area (TPSA) is 87.7 Å². The summed E-state index contributed by atoms with van der Waals surface area (Å²) in [7, 11) is -0.604. The lowest BCUT2D eigenvalue weighted by Crippen LogP contribution is -2.48. The zero-order valence-corrected chi connectivity index (χ0v) is 16.2. The maximum absolute atomic E-state index is 13.1. The van der Waals surface area contributed by atoms with Crippen LogP contribution in [0, 0.1) is 0 Å². The zero-order chi connectivity index (χ0) is 18.7. The summed E-state index contributed by atoms with van der Waals surface area (Å²) in [6.45, 7) is 1.83. The van der Waals surface area contributed by atoms with Crippen molar-refractivity contribution in [2.24, 2.45) is 0 Å². The number of thiophene rings is 1. The molecule has 2 heterocycles. The molecule has 140 valence electrons. The van der Waals surface area contributed by atoms with Gasteiger partial charge in [-0.25, -0.2) is 13.1 Å². The predicted molar refractivity (Wildman–Crippen MR) is 100 cm³/mol. The Morgan fingerprint density at radius 1 is 1.38 bits per heavy atom. The van der Waals surface area contributed by atoms with E-state index in [0.29, 0.717) is 24.5 Å². The molecule has 9 heteroatoms. The van der Waals surface area contributed by atoms with Gasteiger partial charge in [-0.3, -0.25) is 4.79 Å². The fourth-order valence-corrected chi connectivity index (χ4v) is 4.96. The fraction of sp³-hybridized carbons (Fsp3) is 0.353. The smallest absolute Gasteiger partial charge is 0.264 e. The van der Waals surface area contributed by atoms with Crippen molar-refractivity contribution >= 4 is 27.3 Å². The molecule has 1 atom stereocenters. The lowest BCUT2D eigenvalue weighted by atomic mass is 10.0. The summed E-state index contributed by atoms with van der Waals surface area (Å²) < 4.78 is 31.6. The molecule has 2 aromatic rings. The van der Waals surface area contributed by atoms with Crippen LogP contribution < -0.4 is 14.8 Å². The lowest BCUT2D eigenvalue weighted by molar-refractivity contribution is 0.0636. The van der Waals surface area contributed by atoms with Crippen LogP contribution in [0.4, 0.5) is 0 Å². The van der Waals surface area contributed by atoms with E-state index >= 15 is 0 Å². The molecule has 1 aliphatic rings. The van der Waals surface area contributed by atoms with Gasteiger partial charge in [-0.15, -0.1) is 11.3 Å². The van der Waals surface area contributed by atoms with Crippen LogP contribution in [-0.4, -0.2) is 53.0 Å². The molecule has 0 bridgehead atoms. The number of amides is 1. The van der Waals surface area contributed by atoms with Crippen molar-refractivity contribution in [1.29, 1.82) is 0 Å². The maximum atomic E-state index is 13.1. The van der Waals surface area contributed by atoms with Gasteiger partial charge in [-0.05, 0) is 19.2 Å². The first-order chi connectivity index (χ1) is 12.5. The van der Waals surface area contributed by atoms with Crippen LogP contribution in [0.5, 0.6) is 5.75 Å². The van der Waals surface area contributed by atoms with Crippen LogP contribution in [0.25, 0.3) is 0 Å². The number of para-hydroxylation sites is 1. The summed E-state index contributed by atoms with van der Waals surface area (Å²) >= 11 is 1.14. The van der Waals surface area contributed by atoms with Crippen molar-refractivity contribution in [3.63, 3.8) is 0 Å². The number of hydrogen-bond donors (Lipinski definition) is 2. The number of ether oxygens (including phenoxy) is 1. The van der Waals surface area contributed by atoms with Crippen molar-refractivity contribution in [3.05, 3.63) is 46.2 Å². The molecule has 1 aromatic carbocycles. The normalized spacial score (nSPS) is 17.9. The van der Waals surface area contributed by atoms with Crippen LogP contribution in [0.3, 0.4) is 0 Å². The monoisotopic (exact) mass is 395 g/mol. The highest BCUT2D eigenvalue weighted by atomic mass is 32.2. The number of methoxy groups -OCH3 is 1. The Morgan fingerprint density at radius 2 is 2.15 bits per heavy atom. The minimum Gasteiger partial charge on any atom is -0.496 e. The van der Waals surface area contributed by atoms with Gasteiger partial charge in [0.2, 0.25) is 10.0 Å². The Balaban J connectivity index is 1.92. The molecule has 3 rings (SSSR count). The average Bonchev–Trinajstić information content (AvgIpc) is 3.18. The number of carbonyl (C=O) groups excluding carboxylic acids is 1. The second-order valence-electron chi connectivity index (χ2n) is 5.81. The Hall–Kier alpha value is -1.94. The highest BCUT2D eigenvalue weighted by molar-refractivity contribution is 7.89. The van der Waals surface area contributed by atoms with E-state index in [4.69, 9.17) is 4.74 Å². The third kappa shape index (κ3) is 3.61. The molecule has 0 saturated carbocycles. The van der Waals surface area contributed by atoms with Gasteiger partial charge in [-0.2, -0.15) is 0 Å². The highest BCUT2D eigenvalue weighted by Gasteiger charge is 2.31. The molecule has 0 spiro atoms. The molecule has 0 aliphatic carbocycles. The van der Waals surface area contributed by atoms with Crippen LogP contribution >= 0.6 is 11.3 Å². The third-order valence-electron chi connectivity index (χ3n) is 4.37. The minimum absolute atomic E-state index is 0.109. The second-order valence-corrected chi connectivity index (χ2v) is 8.61. The van der Waals surface area contributed by atoms with Crippen molar-refractivity contribution in [2.75, 3.05) is 33.8 Å². The molecular formula is C17H21N3O4S2. The molecule has 1 saturated heterocycles. The van der Waals surface area contributed by atoms with E-state index in [1.807, 2.05) is 24.3 Å². The Morgan fingerprint density at radius 3 is 2.88 bits per heavy atom. The molecule has 2 N–H and O–H groups in total. The van der Waals surface area contributed by atoms with E-state index in [1.165, 1.54) is 18.5 Å². The van der Waals surface area contributed by atoms with Gasteiger partial charge in [0.05, 0.1) is 22.9 Å². The standard InChI is InChI=1S/C17H21N3O4S2/c1-18-26(22,23)12-9-16(25-11-12)17(21)20-8-7-19-10-14(20)13-5-3-4-6-15(13)24-2/h3-6,9,11,14,18-19H,7-8,10H2,1-2H3. The molecule has 1 aromatic heterocycles. The molecule has 0 radical (unpaired) electrons. The van der Waals surface area contributed by atoms with Crippen LogP contribution in [0.2, 0.25) is 0 Å². The summed E-state index contributed by atoms with van der Waals surface area (Å²) in [4.78, 5) is 15.3. The number of rotatable bonds is 5. The SMILES string of the molecule is CNS(=O)(=O)c1csc(C(=O)N2CCNCC2c2ccccc2OC)c1. The second kappa shape index (κ2) is 7.75. The van der Waals surface area contributed by atoms with Crippen molar-refractivity contribution in [1.82, 2.24) is 14.9 Å². The average molecular weight is 396 g/mol. The lowest BCUT2D eigenvalue weighted by Gasteiger charge is -2.36. The number of hydrogen-bond acceptors (Lipinski definition) is 6. The van der Waals surface area contributed by atoms with Crippen LogP contribution in [0.15, 0.2) is 40.6 Å². The van der Waals surface area contributed by atoms with Gasteiger partial charge < -0.3 is 15.0 Å². The van der Waals surface area contributed by atoms with Gasteiger partial charge in [0, 0.05) is 30.6 Å². The molecule has 1 fully saturated rings. The summed E-state index contributed by atoms with van der Waals surface area (Å²) in [6, 6.07) is 8.87. The van der Waals surface area contributed by atoms with E-state index in [1.54, 1.807) is 12.0 Å². The summed E-state index contributed by atoms with van der Waals surface area (Å²) in [5.41, 5.74) is 0.926. The molecular weight excluding hydrogens is 374 g/mol. The Bertz CT molecular complexity index is 895. The van der Waals surface area contributed by atoms with Gasteiger partial charge in [0.1, 0.15) is 5.75 Å². The van der Waals surface area contributed by atoms with Crippen molar-refractivity contribution in [2.45, 2.75) is 10.9 Å². The number of benzene rings is 1. The Kier molecular flexibility index (Phi) is 5.61. The van der Waals surface area contributed by atoms with Gasteiger partial charge >= 0.3 is 0 Å². The van der Waals surface area contributed by atoms with Crippen molar-refractivity contribution < 1.29 is 17.9 Å². The molecule has 1 aliphatic heterocycles. The summed E-state index contributed by atoms with van der Waals surface area (Å²) in [5.74, 6) is 0.550. The Labute approximate surface area is 157 Å². The van der Waals surface area contributed by atoms with Crippen LogP contribution in [-0.2, 0) is 10.0 Å². The zero-order valence-electron chi connectivity index (χ0n) is 14.6. The summed E-state index contributed by atoms with van der Waals surface area (Å²) in [5, 5.41) is 4.79. The first-order valence-corrected chi connectivity index (χ1v) is 10.5. The quantitative estimate of drug-likeness (QED) is 0.800.